The van der Waals surface area contributed by atoms with E-state index in [9.17, 15) is 0 Å². The minimum atomic E-state index is 0.450. The Morgan fingerprint density at radius 3 is 2.60 bits per heavy atom. The fraction of sp³-hybridized carbons (Fsp3) is 0.727. The third kappa shape index (κ3) is 3.26. The Morgan fingerprint density at radius 2 is 2.20 bits per heavy atom. The van der Waals surface area contributed by atoms with Crippen LogP contribution in [0.2, 0.25) is 0 Å². The topological polar surface area (TPSA) is 42.2 Å². The van der Waals surface area contributed by atoms with Crippen molar-refractivity contribution < 1.29 is 0 Å². The molecule has 1 unspecified atom stereocenters. The molecule has 2 N–H and O–H groups in total. The van der Waals surface area contributed by atoms with Crippen LogP contribution >= 0.6 is 11.3 Å². The van der Waals surface area contributed by atoms with Crippen LogP contribution in [0.4, 0.5) is 0 Å². The maximum atomic E-state index is 5.79. The SMILES string of the molecule is Cc1ncsc1CN(C)C(CN)C(C)C. The molecule has 1 rings (SSSR count). The summed E-state index contributed by atoms with van der Waals surface area (Å²) in [6.07, 6.45) is 0. The van der Waals surface area contributed by atoms with Crippen LogP contribution in [0.5, 0.6) is 0 Å². The fourth-order valence-corrected chi connectivity index (χ4v) is 2.62. The van der Waals surface area contributed by atoms with Gasteiger partial charge < -0.3 is 5.73 Å². The van der Waals surface area contributed by atoms with Gasteiger partial charge in [-0.2, -0.15) is 0 Å². The Morgan fingerprint density at radius 1 is 1.53 bits per heavy atom. The largest absolute Gasteiger partial charge is 0.329 e. The van der Waals surface area contributed by atoms with E-state index in [1.54, 1.807) is 11.3 Å². The highest BCUT2D eigenvalue weighted by atomic mass is 32.1. The van der Waals surface area contributed by atoms with Crippen LogP contribution in [0, 0.1) is 12.8 Å². The van der Waals surface area contributed by atoms with Gasteiger partial charge >= 0.3 is 0 Å². The second-order valence-corrected chi connectivity index (χ2v) is 5.26. The predicted molar refractivity (Wildman–Crippen MR) is 66.0 cm³/mol. The third-order valence-corrected chi connectivity index (χ3v) is 3.73. The normalized spacial score (nSPS) is 13.8. The van der Waals surface area contributed by atoms with Gasteiger partial charge in [-0.25, -0.2) is 4.98 Å². The number of nitrogens with two attached hydrogens (primary N) is 1. The Bertz CT molecular complexity index is 296. The molecule has 0 radical (unpaired) electrons. The van der Waals surface area contributed by atoms with Crippen molar-refractivity contribution in [3.63, 3.8) is 0 Å². The van der Waals surface area contributed by atoms with Gasteiger partial charge in [0.05, 0.1) is 11.2 Å². The van der Waals surface area contributed by atoms with Gasteiger partial charge in [0.15, 0.2) is 0 Å². The number of aromatic nitrogens is 1. The number of rotatable bonds is 5. The van der Waals surface area contributed by atoms with Crippen molar-refractivity contribution in [2.75, 3.05) is 13.6 Å². The van der Waals surface area contributed by atoms with Gasteiger partial charge in [0.25, 0.3) is 0 Å². The molecule has 1 atom stereocenters. The fourth-order valence-electron chi connectivity index (χ4n) is 1.78. The first-order chi connectivity index (χ1) is 7.06. The van der Waals surface area contributed by atoms with Crippen LogP contribution in [0.15, 0.2) is 5.51 Å². The molecule has 0 aliphatic heterocycles. The lowest BCUT2D eigenvalue weighted by atomic mass is 10.0. The summed E-state index contributed by atoms with van der Waals surface area (Å²) in [5, 5.41) is 0. The second-order valence-electron chi connectivity index (χ2n) is 4.32. The number of likely N-dealkylation sites (N-methyl/N-ethyl adjacent to an activating group) is 1. The van der Waals surface area contributed by atoms with E-state index < -0.39 is 0 Å². The average Bonchev–Trinajstić information content (AvgIpc) is 2.52. The molecular weight excluding hydrogens is 206 g/mol. The molecule has 86 valence electrons. The lowest BCUT2D eigenvalue weighted by Crippen LogP contribution is -2.41. The lowest BCUT2D eigenvalue weighted by molar-refractivity contribution is 0.191. The van der Waals surface area contributed by atoms with Crippen molar-refractivity contribution in [2.45, 2.75) is 33.4 Å². The standard InChI is InChI=1S/C11H21N3S/c1-8(2)10(5-12)14(4)6-11-9(3)13-7-15-11/h7-8,10H,5-6,12H2,1-4H3. The second kappa shape index (κ2) is 5.58. The van der Waals surface area contributed by atoms with Gasteiger partial charge in [-0.1, -0.05) is 13.8 Å². The summed E-state index contributed by atoms with van der Waals surface area (Å²) < 4.78 is 0. The summed E-state index contributed by atoms with van der Waals surface area (Å²) in [6.45, 7) is 8.16. The Kier molecular flexibility index (Phi) is 4.70. The van der Waals surface area contributed by atoms with Crippen molar-refractivity contribution in [1.82, 2.24) is 9.88 Å². The minimum absolute atomic E-state index is 0.450. The van der Waals surface area contributed by atoms with Crippen molar-refractivity contribution in [1.29, 1.82) is 0 Å². The van der Waals surface area contributed by atoms with Crippen LogP contribution in [0.25, 0.3) is 0 Å². The molecule has 0 aliphatic carbocycles. The summed E-state index contributed by atoms with van der Waals surface area (Å²) in [4.78, 5) is 7.93. The number of hydrogen-bond donors (Lipinski definition) is 1. The van der Waals surface area contributed by atoms with Crippen LogP contribution in [-0.4, -0.2) is 29.5 Å². The van der Waals surface area contributed by atoms with E-state index in [0.717, 1.165) is 12.2 Å². The van der Waals surface area contributed by atoms with Crippen molar-refractivity contribution in [3.8, 4) is 0 Å². The molecule has 1 aromatic heterocycles. The summed E-state index contributed by atoms with van der Waals surface area (Å²) in [5.74, 6) is 0.591. The molecule has 0 aromatic carbocycles. The van der Waals surface area contributed by atoms with Gasteiger partial charge in [-0.05, 0) is 19.9 Å². The van der Waals surface area contributed by atoms with Crippen LogP contribution < -0.4 is 5.73 Å². The van der Waals surface area contributed by atoms with E-state index in [-0.39, 0.29) is 0 Å². The summed E-state index contributed by atoms with van der Waals surface area (Å²) in [7, 11) is 2.14. The maximum absolute atomic E-state index is 5.79. The molecule has 0 amide bonds. The molecule has 0 saturated heterocycles. The number of thiazole rings is 1. The van der Waals surface area contributed by atoms with Gasteiger partial charge in [-0.3, -0.25) is 4.90 Å². The zero-order chi connectivity index (χ0) is 11.4. The molecule has 0 spiro atoms. The first-order valence-electron chi connectivity index (χ1n) is 5.35. The minimum Gasteiger partial charge on any atom is -0.329 e. The first kappa shape index (κ1) is 12.6. The lowest BCUT2D eigenvalue weighted by Gasteiger charge is -2.29. The van der Waals surface area contributed by atoms with Gasteiger partial charge in [0.2, 0.25) is 0 Å². The van der Waals surface area contributed by atoms with Crippen LogP contribution in [-0.2, 0) is 6.54 Å². The molecule has 0 fully saturated rings. The van der Waals surface area contributed by atoms with Gasteiger partial charge in [-0.15, -0.1) is 11.3 Å². The number of aryl methyl sites for hydroxylation is 1. The van der Waals surface area contributed by atoms with E-state index in [1.807, 2.05) is 5.51 Å². The predicted octanol–water partition coefficient (Wildman–Crippen LogP) is 1.87. The number of hydrogen-bond acceptors (Lipinski definition) is 4. The van der Waals surface area contributed by atoms with E-state index in [1.165, 1.54) is 4.88 Å². The highest BCUT2D eigenvalue weighted by Gasteiger charge is 2.18. The van der Waals surface area contributed by atoms with Gasteiger partial charge in [0.1, 0.15) is 0 Å². The Labute approximate surface area is 96.3 Å². The van der Waals surface area contributed by atoms with Crippen molar-refractivity contribution in [3.05, 3.63) is 16.1 Å². The molecule has 15 heavy (non-hydrogen) atoms. The first-order valence-corrected chi connectivity index (χ1v) is 6.23. The molecular formula is C11H21N3S. The molecule has 1 aromatic rings. The maximum Gasteiger partial charge on any atom is 0.0798 e. The highest BCUT2D eigenvalue weighted by Crippen LogP contribution is 2.17. The van der Waals surface area contributed by atoms with Gasteiger partial charge in [0, 0.05) is 24.0 Å². The smallest absolute Gasteiger partial charge is 0.0798 e. The zero-order valence-corrected chi connectivity index (χ0v) is 10.8. The molecule has 0 bridgehead atoms. The molecule has 0 aliphatic rings. The zero-order valence-electron chi connectivity index (χ0n) is 10.0. The molecule has 3 nitrogen and oxygen atoms in total. The summed E-state index contributed by atoms with van der Waals surface area (Å²) in [5.41, 5.74) is 8.84. The Hall–Kier alpha value is -0.450. The molecule has 1 heterocycles. The molecule has 0 saturated carbocycles. The molecule has 4 heteroatoms. The summed E-state index contributed by atoms with van der Waals surface area (Å²) in [6, 6.07) is 0.450. The van der Waals surface area contributed by atoms with E-state index in [0.29, 0.717) is 18.5 Å². The Balaban J connectivity index is 2.62. The van der Waals surface area contributed by atoms with Crippen LogP contribution in [0.1, 0.15) is 24.4 Å². The monoisotopic (exact) mass is 227 g/mol. The number of nitrogens with zero attached hydrogens (tertiary/aromatic N) is 2. The summed E-state index contributed by atoms with van der Waals surface area (Å²) >= 11 is 1.72. The third-order valence-electron chi connectivity index (χ3n) is 2.82. The quantitative estimate of drug-likeness (QED) is 0.835. The van der Waals surface area contributed by atoms with E-state index in [2.05, 4.69) is 37.7 Å². The van der Waals surface area contributed by atoms with Crippen molar-refractivity contribution >= 4 is 11.3 Å². The average molecular weight is 227 g/mol. The highest BCUT2D eigenvalue weighted by molar-refractivity contribution is 7.09. The van der Waals surface area contributed by atoms with E-state index >= 15 is 0 Å². The van der Waals surface area contributed by atoms with E-state index in [4.69, 9.17) is 5.73 Å². The van der Waals surface area contributed by atoms with Crippen molar-refractivity contribution in [2.24, 2.45) is 11.7 Å². The van der Waals surface area contributed by atoms with Crippen LogP contribution in [0.3, 0.4) is 0 Å².